The molecule has 1 heterocycles. The third-order valence-electron chi connectivity index (χ3n) is 3.43. The highest BCUT2D eigenvalue weighted by molar-refractivity contribution is 7.18. The Balaban J connectivity index is 1.92. The maximum atomic E-state index is 10.9. The van der Waals surface area contributed by atoms with Crippen LogP contribution in [0.2, 0.25) is 0 Å². The van der Waals surface area contributed by atoms with Gasteiger partial charge in [-0.15, -0.1) is 16.5 Å². The fraction of sp³-hybridized carbons (Fsp3) is 0. The molecule has 0 radical (unpaired) electrons. The van der Waals surface area contributed by atoms with Gasteiger partial charge in [-0.3, -0.25) is 0 Å². The van der Waals surface area contributed by atoms with Crippen LogP contribution in [0.4, 0.5) is 27.8 Å². The van der Waals surface area contributed by atoms with Crippen molar-refractivity contribution in [2.75, 3.05) is 11.1 Å². The maximum Gasteiger partial charge on any atom is 0.335 e. The first-order valence-corrected chi connectivity index (χ1v) is 8.29. The number of carbonyl (C=O) groups is 1. The molecule has 0 aliphatic carbocycles. The molecule has 0 saturated heterocycles. The molecule has 0 aliphatic heterocycles. The predicted molar refractivity (Wildman–Crippen MR) is 101 cm³/mol. The fourth-order valence-corrected chi connectivity index (χ4v) is 3.01. The number of nitrogens with zero attached hydrogens (tertiary/aromatic N) is 3. The van der Waals surface area contributed by atoms with Gasteiger partial charge in [-0.25, -0.2) is 4.79 Å². The van der Waals surface area contributed by atoms with Crippen LogP contribution in [0.15, 0.2) is 64.8 Å². The van der Waals surface area contributed by atoms with Crippen molar-refractivity contribution >= 4 is 45.1 Å². The molecule has 0 bridgehead atoms. The van der Waals surface area contributed by atoms with Gasteiger partial charge in [-0.1, -0.05) is 18.2 Å². The van der Waals surface area contributed by atoms with Crippen LogP contribution in [0.3, 0.4) is 0 Å². The van der Waals surface area contributed by atoms with Crippen LogP contribution in [0, 0.1) is 11.3 Å². The van der Waals surface area contributed by atoms with Gasteiger partial charge in [0, 0.05) is 5.69 Å². The van der Waals surface area contributed by atoms with Gasteiger partial charge in [0.05, 0.1) is 16.9 Å². The SMILES string of the molecule is N#Cc1sc(Nc2ccccc2)c(N=Nc2ccc(C(=O)O)cc2)c1N. The number of nitrogens with one attached hydrogen (secondary N) is 1. The summed E-state index contributed by atoms with van der Waals surface area (Å²) in [5.74, 6) is -1.01. The first-order chi connectivity index (χ1) is 12.6. The lowest BCUT2D eigenvalue weighted by molar-refractivity contribution is 0.0697. The molecule has 0 saturated carbocycles. The van der Waals surface area contributed by atoms with Crippen LogP contribution in [0.1, 0.15) is 15.2 Å². The van der Waals surface area contributed by atoms with E-state index in [-0.39, 0.29) is 11.3 Å². The van der Waals surface area contributed by atoms with Crippen LogP contribution >= 0.6 is 11.3 Å². The Morgan fingerprint density at radius 1 is 1.12 bits per heavy atom. The van der Waals surface area contributed by atoms with Gasteiger partial charge in [-0.05, 0) is 36.4 Å². The molecule has 4 N–H and O–H groups in total. The molecule has 2 aromatic carbocycles. The Kier molecular flexibility index (Phi) is 4.92. The van der Waals surface area contributed by atoms with Crippen molar-refractivity contribution < 1.29 is 9.90 Å². The van der Waals surface area contributed by atoms with Gasteiger partial charge in [0.1, 0.15) is 21.6 Å². The number of carboxylic acids is 1. The number of nitriles is 1. The molecular weight excluding hydrogens is 350 g/mol. The number of thiophene rings is 1. The minimum atomic E-state index is -1.01. The molecule has 3 aromatic rings. The highest BCUT2D eigenvalue weighted by atomic mass is 32.1. The normalized spacial score (nSPS) is 10.6. The van der Waals surface area contributed by atoms with E-state index < -0.39 is 5.97 Å². The molecule has 0 fully saturated rings. The first-order valence-electron chi connectivity index (χ1n) is 7.48. The monoisotopic (exact) mass is 363 g/mol. The summed E-state index contributed by atoms with van der Waals surface area (Å²) < 4.78 is 0. The average molecular weight is 363 g/mol. The molecule has 8 heteroatoms. The van der Waals surface area contributed by atoms with Crippen molar-refractivity contribution in [2.45, 2.75) is 0 Å². The number of carboxylic acid groups (broad SMARTS) is 1. The smallest absolute Gasteiger partial charge is 0.335 e. The second-order valence-corrected chi connectivity index (χ2v) is 6.20. The predicted octanol–water partition coefficient (Wildman–Crippen LogP) is 5.06. The zero-order chi connectivity index (χ0) is 18.5. The summed E-state index contributed by atoms with van der Waals surface area (Å²) in [6.45, 7) is 0. The molecule has 0 aliphatic rings. The van der Waals surface area contributed by atoms with Gasteiger partial charge >= 0.3 is 5.97 Å². The molecule has 0 spiro atoms. The fourth-order valence-electron chi connectivity index (χ4n) is 2.13. The van der Waals surface area contributed by atoms with Crippen molar-refractivity contribution in [1.29, 1.82) is 5.26 Å². The number of nitrogen functional groups attached to an aromatic ring is 1. The number of azo groups is 1. The second-order valence-electron chi connectivity index (χ2n) is 5.18. The van der Waals surface area contributed by atoms with E-state index in [1.807, 2.05) is 36.4 Å². The molecule has 128 valence electrons. The van der Waals surface area contributed by atoms with Crippen LogP contribution < -0.4 is 11.1 Å². The van der Waals surface area contributed by atoms with E-state index in [1.165, 1.54) is 23.5 Å². The van der Waals surface area contributed by atoms with Crippen molar-refractivity contribution in [3.8, 4) is 6.07 Å². The molecular formula is C18H13N5O2S. The van der Waals surface area contributed by atoms with E-state index >= 15 is 0 Å². The lowest BCUT2D eigenvalue weighted by atomic mass is 10.2. The molecule has 26 heavy (non-hydrogen) atoms. The Bertz CT molecular complexity index is 1000. The summed E-state index contributed by atoms with van der Waals surface area (Å²) >= 11 is 1.19. The van der Waals surface area contributed by atoms with E-state index in [1.54, 1.807) is 12.1 Å². The Morgan fingerprint density at radius 3 is 2.42 bits per heavy atom. The molecule has 0 amide bonds. The molecule has 1 aromatic heterocycles. The van der Waals surface area contributed by atoms with Crippen molar-refractivity contribution in [2.24, 2.45) is 10.2 Å². The standard InChI is InChI=1S/C18H13N5O2S/c19-10-14-15(20)16(17(26-14)21-12-4-2-1-3-5-12)23-22-13-8-6-11(7-9-13)18(24)25/h1-9,21H,20H2,(H,24,25). The van der Waals surface area contributed by atoms with Gasteiger partial charge in [-0.2, -0.15) is 10.4 Å². The quantitative estimate of drug-likeness (QED) is 0.547. The summed E-state index contributed by atoms with van der Waals surface area (Å²) in [4.78, 5) is 11.2. The second kappa shape index (κ2) is 7.46. The lowest BCUT2D eigenvalue weighted by Crippen LogP contribution is -1.94. The number of nitrogens with two attached hydrogens (primary N) is 1. The summed E-state index contributed by atoms with van der Waals surface area (Å²) in [6, 6.07) is 17.5. The molecule has 3 rings (SSSR count). The van der Waals surface area contributed by atoms with E-state index in [0.717, 1.165) is 5.69 Å². The summed E-state index contributed by atoms with van der Waals surface area (Å²) in [5.41, 5.74) is 8.11. The summed E-state index contributed by atoms with van der Waals surface area (Å²) in [7, 11) is 0. The van der Waals surface area contributed by atoms with E-state index in [2.05, 4.69) is 15.5 Å². The van der Waals surface area contributed by atoms with E-state index in [4.69, 9.17) is 10.8 Å². The number of hydrogen-bond acceptors (Lipinski definition) is 7. The van der Waals surface area contributed by atoms with Gasteiger partial charge < -0.3 is 16.2 Å². The number of hydrogen-bond donors (Lipinski definition) is 3. The first kappa shape index (κ1) is 17.1. The summed E-state index contributed by atoms with van der Waals surface area (Å²) in [5, 5.41) is 30.2. The highest BCUT2D eigenvalue weighted by Gasteiger charge is 2.16. The Morgan fingerprint density at radius 2 is 1.81 bits per heavy atom. The molecule has 0 unspecified atom stereocenters. The topological polar surface area (TPSA) is 124 Å². The zero-order valence-electron chi connectivity index (χ0n) is 13.4. The minimum absolute atomic E-state index is 0.164. The maximum absolute atomic E-state index is 10.9. The van der Waals surface area contributed by atoms with Crippen LogP contribution in [0.25, 0.3) is 0 Å². The van der Waals surface area contributed by atoms with Crippen molar-refractivity contribution in [3.05, 3.63) is 65.0 Å². The third kappa shape index (κ3) is 3.68. The minimum Gasteiger partial charge on any atom is -0.478 e. The molecule has 7 nitrogen and oxygen atoms in total. The van der Waals surface area contributed by atoms with E-state index in [9.17, 15) is 10.1 Å². The highest BCUT2D eigenvalue weighted by Crippen LogP contribution is 2.44. The Hall–Kier alpha value is -3.70. The van der Waals surface area contributed by atoms with Crippen molar-refractivity contribution in [1.82, 2.24) is 0 Å². The zero-order valence-corrected chi connectivity index (χ0v) is 14.2. The van der Waals surface area contributed by atoms with Gasteiger partial charge in [0.2, 0.25) is 0 Å². The van der Waals surface area contributed by atoms with Crippen LogP contribution in [-0.2, 0) is 0 Å². The number of rotatable bonds is 5. The van der Waals surface area contributed by atoms with Gasteiger partial charge in [0.15, 0.2) is 0 Å². The van der Waals surface area contributed by atoms with Gasteiger partial charge in [0.25, 0.3) is 0 Å². The van der Waals surface area contributed by atoms with E-state index in [0.29, 0.717) is 21.3 Å². The number of para-hydroxylation sites is 1. The van der Waals surface area contributed by atoms with Crippen LogP contribution in [-0.4, -0.2) is 11.1 Å². The lowest BCUT2D eigenvalue weighted by Gasteiger charge is -2.04. The molecule has 0 atom stereocenters. The van der Waals surface area contributed by atoms with Crippen molar-refractivity contribution in [3.63, 3.8) is 0 Å². The number of aromatic carboxylic acids is 1. The average Bonchev–Trinajstić information content (AvgIpc) is 2.96. The third-order valence-corrected chi connectivity index (χ3v) is 4.45. The number of anilines is 3. The van der Waals surface area contributed by atoms with Crippen LogP contribution in [0.5, 0.6) is 0 Å². The Labute approximate surface area is 153 Å². The number of benzene rings is 2. The largest absolute Gasteiger partial charge is 0.478 e. The summed E-state index contributed by atoms with van der Waals surface area (Å²) in [6.07, 6.45) is 0.